The molecule has 92 valence electrons. The molecule has 1 N–H and O–H groups in total. The molecular weight excluding hydrogens is 226 g/mol. The molecule has 1 fully saturated rings. The van der Waals surface area contributed by atoms with Crippen molar-refractivity contribution in [2.24, 2.45) is 0 Å². The minimum Gasteiger partial charge on any atom is -0.336 e. The van der Waals surface area contributed by atoms with Gasteiger partial charge in [0.1, 0.15) is 11.6 Å². The Kier molecular flexibility index (Phi) is 3.11. The number of halogens is 2. The van der Waals surface area contributed by atoms with E-state index in [1.165, 1.54) is 17.9 Å². The van der Waals surface area contributed by atoms with Gasteiger partial charge in [-0.25, -0.2) is 8.78 Å². The first-order valence-electron chi connectivity index (χ1n) is 5.44. The quantitative estimate of drug-likeness (QED) is 0.845. The van der Waals surface area contributed by atoms with Gasteiger partial charge in [0.05, 0.1) is 11.6 Å². The normalized spacial score (nSPS) is 15.5. The lowest BCUT2D eigenvalue weighted by molar-refractivity contribution is 0.0676. The van der Waals surface area contributed by atoms with Crippen molar-refractivity contribution in [2.75, 3.05) is 20.1 Å². The van der Waals surface area contributed by atoms with Crippen molar-refractivity contribution >= 4 is 5.91 Å². The van der Waals surface area contributed by atoms with Crippen molar-refractivity contribution in [3.05, 3.63) is 34.9 Å². The van der Waals surface area contributed by atoms with E-state index in [4.69, 9.17) is 0 Å². The second-order valence-corrected chi connectivity index (χ2v) is 4.31. The summed E-state index contributed by atoms with van der Waals surface area (Å²) in [6, 6.07) is 2.11. The zero-order valence-electron chi connectivity index (χ0n) is 9.76. The molecule has 0 saturated carbocycles. The van der Waals surface area contributed by atoms with Gasteiger partial charge in [-0.1, -0.05) is 0 Å². The third-order valence-corrected chi connectivity index (χ3v) is 3.11. The maximum atomic E-state index is 13.5. The summed E-state index contributed by atoms with van der Waals surface area (Å²) < 4.78 is 26.6. The number of aryl methyl sites for hydroxylation is 1. The summed E-state index contributed by atoms with van der Waals surface area (Å²) in [5.41, 5.74) is 0.202. The van der Waals surface area contributed by atoms with Gasteiger partial charge in [0.25, 0.3) is 5.91 Å². The minimum atomic E-state index is -0.808. The predicted molar refractivity (Wildman–Crippen MR) is 59.8 cm³/mol. The lowest BCUT2D eigenvalue weighted by atomic mass is 10.1. The number of carbonyl (C=O) groups is 1. The van der Waals surface area contributed by atoms with Gasteiger partial charge in [-0.05, 0) is 18.6 Å². The number of nitrogens with zero attached hydrogens (tertiary/aromatic N) is 1. The van der Waals surface area contributed by atoms with Crippen molar-refractivity contribution in [3.8, 4) is 0 Å². The highest BCUT2D eigenvalue weighted by Crippen LogP contribution is 2.17. The largest absolute Gasteiger partial charge is 0.336 e. The lowest BCUT2D eigenvalue weighted by Crippen LogP contribution is -2.57. The van der Waals surface area contributed by atoms with Crippen LogP contribution in [0, 0.1) is 18.6 Å². The van der Waals surface area contributed by atoms with Gasteiger partial charge in [0, 0.05) is 26.2 Å². The number of likely N-dealkylation sites (N-methyl/N-ethyl adjacent to an activating group) is 1. The Balaban J connectivity index is 2.26. The van der Waals surface area contributed by atoms with Crippen LogP contribution in [0.1, 0.15) is 15.9 Å². The molecule has 0 aromatic heterocycles. The van der Waals surface area contributed by atoms with E-state index in [-0.39, 0.29) is 17.2 Å². The first-order chi connectivity index (χ1) is 8.00. The average molecular weight is 240 g/mol. The van der Waals surface area contributed by atoms with E-state index in [0.717, 1.165) is 6.07 Å². The number of rotatable bonds is 2. The maximum Gasteiger partial charge on any atom is 0.256 e. The monoisotopic (exact) mass is 240 g/mol. The maximum absolute atomic E-state index is 13.5. The summed E-state index contributed by atoms with van der Waals surface area (Å²) in [5.74, 6) is -1.85. The van der Waals surface area contributed by atoms with Crippen LogP contribution in [-0.2, 0) is 0 Å². The molecule has 3 nitrogen and oxygen atoms in total. The Bertz CT molecular complexity index is 458. The summed E-state index contributed by atoms with van der Waals surface area (Å²) >= 11 is 0. The standard InChI is InChI=1S/C12H14F2N2O/c1-7-3-9(11(14)4-10(7)13)12(17)16(2)8-5-15-6-8/h3-4,8,15H,5-6H2,1-2H3. The molecule has 17 heavy (non-hydrogen) atoms. The second-order valence-electron chi connectivity index (χ2n) is 4.31. The summed E-state index contributed by atoms with van der Waals surface area (Å²) in [6.45, 7) is 2.94. The third-order valence-electron chi connectivity index (χ3n) is 3.11. The van der Waals surface area contributed by atoms with E-state index in [1.807, 2.05) is 0 Å². The molecular formula is C12H14F2N2O. The molecule has 0 aliphatic carbocycles. The zero-order chi connectivity index (χ0) is 12.6. The summed E-state index contributed by atoms with van der Waals surface area (Å²) in [4.78, 5) is 13.5. The number of amides is 1. The van der Waals surface area contributed by atoms with Gasteiger partial charge < -0.3 is 10.2 Å². The van der Waals surface area contributed by atoms with Crippen LogP contribution in [0.5, 0.6) is 0 Å². The topological polar surface area (TPSA) is 32.3 Å². The Labute approximate surface area is 98.4 Å². The fraction of sp³-hybridized carbons (Fsp3) is 0.417. The molecule has 1 aromatic rings. The van der Waals surface area contributed by atoms with Crippen LogP contribution >= 0.6 is 0 Å². The summed E-state index contributed by atoms with van der Waals surface area (Å²) in [6.07, 6.45) is 0. The molecule has 1 saturated heterocycles. The third kappa shape index (κ3) is 2.15. The van der Waals surface area contributed by atoms with Crippen LogP contribution in [-0.4, -0.2) is 37.0 Å². The fourth-order valence-corrected chi connectivity index (χ4v) is 1.72. The highest BCUT2D eigenvalue weighted by atomic mass is 19.1. The molecule has 0 bridgehead atoms. The molecule has 0 radical (unpaired) electrons. The molecule has 1 aliphatic heterocycles. The second kappa shape index (κ2) is 4.41. The van der Waals surface area contributed by atoms with Crippen molar-refractivity contribution in [3.63, 3.8) is 0 Å². The summed E-state index contributed by atoms with van der Waals surface area (Å²) in [5, 5.41) is 3.04. The smallest absolute Gasteiger partial charge is 0.256 e. The Hall–Kier alpha value is -1.49. The zero-order valence-corrected chi connectivity index (χ0v) is 9.76. The number of nitrogens with one attached hydrogen (secondary N) is 1. The predicted octanol–water partition coefficient (Wildman–Crippen LogP) is 1.32. The summed E-state index contributed by atoms with van der Waals surface area (Å²) in [7, 11) is 1.63. The molecule has 0 spiro atoms. The van der Waals surface area contributed by atoms with E-state index in [2.05, 4.69) is 5.32 Å². The van der Waals surface area contributed by atoms with E-state index in [9.17, 15) is 13.6 Å². The van der Waals surface area contributed by atoms with Crippen LogP contribution in [0.3, 0.4) is 0 Å². The van der Waals surface area contributed by atoms with Crippen LogP contribution in [0.15, 0.2) is 12.1 Å². The van der Waals surface area contributed by atoms with Crippen LogP contribution in [0.25, 0.3) is 0 Å². The number of hydrogen-bond acceptors (Lipinski definition) is 2. The van der Waals surface area contributed by atoms with E-state index >= 15 is 0 Å². The average Bonchev–Trinajstić information content (AvgIpc) is 2.20. The molecule has 1 heterocycles. The molecule has 5 heteroatoms. The van der Waals surface area contributed by atoms with Crippen molar-refractivity contribution < 1.29 is 13.6 Å². The van der Waals surface area contributed by atoms with Crippen LogP contribution < -0.4 is 5.32 Å². The van der Waals surface area contributed by atoms with Crippen molar-refractivity contribution in [1.82, 2.24) is 10.2 Å². The van der Waals surface area contributed by atoms with Gasteiger partial charge >= 0.3 is 0 Å². The minimum absolute atomic E-state index is 0.0710. The number of benzene rings is 1. The van der Waals surface area contributed by atoms with E-state index in [1.54, 1.807) is 7.05 Å². The Morgan fingerprint density at radius 1 is 1.35 bits per heavy atom. The van der Waals surface area contributed by atoms with Gasteiger partial charge in [-0.3, -0.25) is 4.79 Å². The first-order valence-corrected chi connectivity index (χ1v) is 5.44. The highest BCUT2D eigenvalue weighted by molar-refractivity contribution is 5.94. The van der Waals surface area contributed by atoms with Crippen molar-refractivity contribution in [1.29, 1.82) is 0 Å². The SMILES string of the molecule is Cc1cc(C(=O)N(C)C2CNC2)c(F)cc1F. The molecule has 0 unspecified atom stereocenters. The Morgan fingerprint density at radius 2 is 2.00 bits per heavy atom. The van der Waals surface area contributed by atoms with Gasteiger partial charge in [0.2, 0.25) is 0 Å². The van der Waals surface area contributed by atoms with Gasteiger partial charge in [-0.2, -0.15) is 0 Å². The fourth-order valence-electron chi connectivity index (χ4n) is 1.72. The first kappa shape index (κ1) is 12.0. The molecule has 1 amide bonds. The molecule has 1 aromatic carbocycles. The highest BCUT2D eigenvalue weighted by Gasteiger charge is 2.27. The lowest BCUT2D eigenvalue weighted by Gasteiger charge is -2.35. The van der Waals surface area contributed by atoms with Crippen LogP contribution in [0.4, 0.5) is 8.78 Å². The molecule has 1 aliphatic rings. The van der Waals surface area contributed by atoms with Gasteiger partial charge in [0.15, 0.2) is 0 Å². The Morgan fingerprint density at radius 3 is 2.53 bits per heavy atom. The van der Waals surface area contributed by atoms with Crippen molar-refractivity contribution in [2.45, 2.75) is 13.0 Å². The molecule has 2 rings (SSSR count). The number of hydrogen-bond donors (Lipinski definition) is 1. The van der Waals surface area contributed by atoms with Gasteiger partial charge in [-0.15, -0.1) is 0 Å². The van der Waals surface area contributed by atoms with E-state index in [0.29, 0.717) is 13.1 Å². The van der Waals surface area contributed by atoms with Crippen LogP contribution in [0.2, 0.25) is 0 Å². The van der Waals surface area contributed by atoms with E-state index < -0.39 is 17.5 Å². The molecule has 0 atom stereocenters. The number of carbonyl (C=O) groups excluding carboxylic acids is 1.